The van der Waals surface area contributed by atoms with Crippen LogP contribution in [0.25, 0.3) is 0 Å². The van der Waals surface area contributed by atoms with Crippen LogP contribution in [0.2, 0.25) is 0 Å². The second-order valence-corrected chi connectivity index (χ2v) is 6.18. The minimum atomic E-state index is -0.715. The third-order valence-corrected chi connectivity index (χ3v) is 4.39. The lowest BCUT2D eigenvalue weighted by Gasteiger charge is -2.35. The van der Waals surface area contributed by atoms with Gasteiger partial charge in [-0.3, -0.25) is 9.69 Å². The molecule has 3 unspecified atom stereocenters. The van der Waals surface area contributed by atoms with Gasteiger partial charge in [0.25, 0.3) is 0 Å². The van der Waals surface area contributed by atoms with Crippen molar-refractivity contribution in [3.8, 4) is 0 Å². The summed E-state index contributed by atoms with van der Waals surface area (Å²) in [5.74, 6) is 0.101. The van der Waals surface area contributed by atoms with Crippen LogP contribution < -0.4 is 10.6 Å². The first-order valence-corrected chi connectivity index (χ1v) is 8.33. The zero-order chi connectivity index (χ0) is 16.8. The van der Waals surface area contributed by atoms with Gasteiger partial charge in [0.1, 0.15) is 6.10 Å². The van der Waals surface area contributed by atoms with Crippen LogP contribution in [0.5, 0.6) is 0 Å². The molecular weight excluding hydrogens is 300 g/mol. The quantitative estimate of drug-likeness (QED) is 0.601. The Balaban J connectivity index is 1.73. The summed E-state index contributed by atoms with van der Waals surface area (Å²) >= 11 is 0. The number of nitrogens with one attached hydrogen (secondary N) is 2. The van der Waals surface area contributed by atoms with E-state index >= 15 is 0 Å². The Labute approximate surface area is 137 Å². The second kappa shape index (κ2) is 8.47. The number of nitrogens with zero attached hydrogens (tertiary/aromatic N) is 2. The van der Waals surface area contributed by atoms with E-state index in [1.807, 2.05) is 11.8 Å². The fourth-order valence-corrected chi connectivity index (χ4v) is 2.93. The number of aliphatic hydroxyl groups excluding tert-OH is 1. The number of piperazine rings is 1. The minimum Gasteiger partial charge on any atom is -0.388 e. The summed E-state index contributed by atoms with van der Waals surface area (Å²) in [5, 5.41) is 15.8. The monoisotopic (exact) mass is 328 g/mol. The number of urea groups is 1. The molecule has 8 heteroatoms. The van der Waals surface area contributed by atoms with Crippen LogP contribution in [0.3, 0.4) is 0 Å². The average molecular weight is 328 g/mol. The van der Waals surface area contributed by atoms with Crippen molar-refractivity contribution in [2.45, 2.75) is 38.5 Å². The van der Waals surface area contributed by atoms with Crippen molar-refractivity contribution in [1.29, 1.82) is 0 Å². The molecule has 0 aromatic carbocycles. The zero-order valence-electron chi connectivity index (χ0n) is 14.0. The van der Waals surface area contributed by atoms with Crippen LogP contribution in [0.4, 0.5) is 4.79 Å². The highest BCUT2D eigenvalue weighted by atomic mass is 16.5. The molecule has 3 N–H and O–H groups in total. The molecule has 2 aliphatic rings. The molecule has 0 spiro atoms. The molecule has 3 atom stereocenters. The number of amides is 3. The molecule has 2 fully saturated rings. The lowest BCUT2D eigenvalue weighted by molar-refractivity contribution is -0.130. The number of carbonyl (C=O) groups excluding carboxylic acids is 2. The summed E-state index contributed by atoms with van der Waals surface area (Å²) in [6, 6.07) is -0.648. The first-order chi connectivity index (χ1) is 11.0. The normalized spacial score (nSPS) is 28.7. The molecule has 8 nitrogen and oxygen atoms in total. The van der Waals surface area contributed by atoms with E-state index in [4.69, 9.17) is 4.74 Å². The smallest absolute Gasteiger partial charge is 0.315 e. The van der Waals surface area contributed by atoms with Crippen LogP contribution in [-0.2, 0) is 9.53 Å². The number of hydrogen-bond acceptors (Lipinski definition) is 5. The number of carbonyl (C=O) groups is 2. The molecule has 0 saturated carbocycles. The van der Waals surface area contributed by atoms with Gasteiger partial charge in [0.15, 0.2) is 0 Å². The van der Waals surface area contributed by atoms with E-state index in [9.17, 15) is 14.7 Å². The van der Waals surface area contributed by atoms with Crippen LogP contribution in [-0.4, -0.2) is 91.0 Å². The van der Waals surface area contributed by atoms with Crippen molar-refractivity contribution in [1.82, 2.24) is 20.4 Å². The molecule has 0 aliphatic carbocycles. The molecule has 3 amide bonds. The molecule has 132 valence electrons. The number of aliphatic hydroxyl groups is 1. The van der Waals surface area contributed by atoms with Crippen molar-refractivity contribution in [3.05, 3.63) is 0 Å². The van der Waals surface area contributed by atoms with E-state index in [1.165, 1.54) is 0 Å². The lowest BCUT2D eigenvalue weighted by Crippen LogP contribution is -2.53. The van der Waals surface area contributed by atoms with Gasteiger partial charge in [0.05, 0.1) is 18.8 Å². The highest BCUT2D eigenvalue weighted by Gasteiger charge is 2.38. The van der Waals surface area contributed by atoms with Crippen molar-refractivity contribution >= 4 is 11.9 Å². The van der Waals surface area contributed by atoms with E-state index in [-0.39, 0.29) is 24.1 Å². The van der Waals surface area contributed by atoms with Gasteiger partial charge in [-0.05, 0) is 6.42 Å². The Hall–Kier alpha value is -1.38. The number of rotatable bonds is 5. The highest BCUT2D eigenvalue weighted by molar-refractivity contribution is 5.74. The molecule has 0 aromatic rings. The summed E-state index contributed by atoms with van der Waals surface area (Å²) in [7, 11) is 0. The van der Waals surface area contributed by atoms with Gasteiger partial charge in [-0.1, -0.05) is 6.92 Å². The third kappa shape index (κ3) is 5.05. The van der Waals surface area contributed by atoms with Crippen molar-refractivity contribution in [3.63, 3.8) is 0 Å². The predicted octanol–water partition coefficient (Wildman–Crippen LogP) is -1.01. The minimum absolute atomic E-state index is 0.101. The molecule has 2 heterocycles. The Kier molecular flexibility index (Phi) is 6.61. The largest absolute Gasteiger partial charge is 0.388 e. The van der Waals surface area contributed by atoms with Crippen LogP contribution >= 0.6 is 0 Å². The van der Waals surface area contributed by atoms with E-state index in [0.29, 0.717) is 32.8 Å². The fourth-order valence-electron chi connectivity index (χ4n) is 2.93. The molecule has 0 bridgehead atoms. The second-order valence-electron chi connectivity index (χ2n) is 6.18. The number of ether oxygens (including phenoxy) is 1. The summed E-state index contributed by atoms with van der Waals surface area (Å²) in [6.45, 7) is 8.08. The predicted molar refractivity (Wildman–Crippen MR) is 85.1 cm³/mol. The number of hydrogen-bond donors (Lipinski definition) is 3. The SMILES string of the molecule is CCCNC(=O)NC1COC(CN2CCN(C(C)=O)CC2)C1O. The Morgan fingerprint density at radius 3 is 2.57 bits per heavy atom. The molecular formula is C15H28N4O4. The standard InChI is InChI=1S/C15H28N4O4/c1-3-4-16-15(22)17-12-10-23-13(14(12)21)9-18-5-7-19(8-6-18)11(2)20/h12-14,21H,3-10H2,1-2H3,(H2,16,17,22). The van der Waals surface area contributed by atoms with Crippen molar-refractivity contribution in [2.24, 2.45) is 0 Å². The molecule has 0 radical (unpaired) electrons. The highest BCUT2D eigenvalue weighted by Crippen LogP contribution is 2.16. The van der Waals surface area contributed by atoms with Crippen LogP contribution in [0, 0.1) is 0 Å². The summed E-state index contributed by atoms with van der Waals surface area (Å²) in [4.78, 5) is 27.0. The van der Waals surface area contributed by atoms with Gasteiger partial charge in [-0.2, -0.15) is 0 Å². The molecule has 0 aromatic heterocycles. The average Bonchev–Trinajstić information content (AvgIpc) is 2.86. The van der Waals surface area contributed by atoms with Gasteiger partial charge >= 0.3 is 6.03 Å². The van der Waals surface area contributed by atoms with Crippen molar-refractivity contribution < 1.29 is 19.4 Å². The van der Waals surface area contributed by atoms with E-state index < -0.39 is 6.10 Å². The first kappa shape index (κ1) is 18.0. The van der Waals surface area contributed by atoms with Crippen molar-refractivity contribution in [2.75, 3.05) is 45.9 Å². The Morgan fingerprint density at radius 1 is 1.26 bits per heavy atom. The Bertz CT molecular complexity index is 412. The van der Waals surface area contributed by atoms with Gasteiger partial charge in [0.2, 0.25) is 5.91 Å². The maximum absolute atomic E-state index is 11.7. The maximum atomic E-state index is 11.7. The van der Waals surface area contributed by atoms with Crippen LogP contribution in [0.15, 0.2) is 0 Å². The maximum Gasteiger partial charge on any atom is 0.315 e. The lowest BCUT2D eigenvalue weighted by atomic mass is 10.1. The zero-order valence-corrected chi connectivity index (χ0v) is 14.0. The Morgan fingerprint density at radius 2 is 1.96 bits per heavy atom. The molecule has 23 heavy (non-hydrogen) atoms. The van der Waals surface area contributed by atoms with Gasteiger partial charge in [-0.25, -0.2) is 4.79 Å². The van der Waals surface area contributed by atoms with E-state index in [2.05, 4.69) is 15.5 Å². The molecule has 2 rings (SSSR count). The summed E-state index contributed by atoms with van der Waals surface area (Å²) in [6.07, 6.45) is -0.157. The summed E-state index contributed by atoms with van der Waals surface area (Å²) < 4.78 is 5.65. The van der Waals surface area contributed by atoms with E-state index in [0.717, 1.165) is 19.5 Å². The van der Waals surface area contributed by atoms with Gasteiger partial charge < -0.3 is 25.4 Å². The molecule has 2 aliphatic heterocycles. The van der Waals surface area contributed by atoms with E-state index in [1.54, 1.807) is 6.92 Å². The fraction of sp³-hybridized carbons (Fsp3) is 0.867. The third-order valence-electron chi connectivity index (χ3n) is 4.39. The first-order valence-electron chi connectivity index (χ1n) is 8.33. The van der Waals surface area contributed by atoms with Crippen LogP contribution in [0.1, 0.15) is 20.3 Å². The molecule has 2 saturated heterocycles. The van der Waals surface area contributed by atoms with Gasteiger partial charge in [-0.15, -0.1) is 0 Å². The van der Waals surface area contributed by atoms with Gasteiger partial charge in [0, 0.05) is 46.2 Å². The topological polar surface area (TPSA) is 94.1 Å². The summed E-state index contributed by atoms with van der Waals surface area (Å²) in [5.41, 5.74) is 0.